The normalized spacial score (nSPS) is 8.17. The first-order valence-corrected chi connectivity index (χ1v) is 2.36. The van der Waals surface area contributed by atoms with Crippen molar-refractivity contribution in [3.05, 3.63) is 0 Å². The number of nitrogens with zero attached hydrogens (tertiary/aromatic N) is 1. The monoisotopic (exact) mass is 225 g/mol. The quantitative estimate of drug-likeness (QED) is 0.376. The van der Waals surface area contributed by atoms with Crippen LogP contribution in [-0.4, -0.2) is 35.3 Å². The van der Waals surface area contributed by atoms with Crippen LogP contribution in [0.4, 0.5) is 0 Å². The molecule has 0 spiro atoms. The van der Waals surface area contributed by atoms with Crippen LogP contribution in [0.1, 0.15) is 0 Å². The third kappa shape index (κ3) is 14.6. The molecule has 0 amide bonds. The van der Waals surface area contributed by atoms with Crippen molar-refractivity contribution >= 4 is 11.9 Å². The number of hydrogen-bond donors (Lipinski definition) is 1. The Morgan fingerprint density at radius 2 is 1.33 bits per heavy atom. The van der Waals surface area contributed by atoms with E-state index in [9.17, 15) is 19.8 Å². The number of carboxylic acids is 2. The molecule has 0 saturated heterocycles. The third-order valence-corrected chi connectivity index (χ3v) is 0.623. The second-order valence-corrected chi connectivity index (χ2v) is 1.57. The molecule has 0 fully saturated rings. The van der Waals surface area contributed by atoms with Crippen LogP contribution in [0.25, 0.3) is 0 Å². The molecule has 12 heavy (non-hydrogen) atoms. The number of rotatable bonds is 4. The van der Waals surface area contributed by atoms with Gasteiger partial charge in [0.15, 0.2) is 0 Å². The average Bonchev–Trinajstić information content (AvgIpc) is 1.58. The molecule has 6 nitrogen and oxygen atoms in total. The Labute approximate surface area is 154 Å². The maximum Gasteiger partial charge on any atom is 1.00 e. The summed E-state index contributed by atoms with van der Waals surface area (Å²) in [5.41, 5.74) is 0. The summed E-state index contributed by atoms with van der Waals surface area (Å²) < 4.78 is 0. The zero-order chi connectivity index (χ0) is 8.15. The van der Waals surface area contributed by atoms with E-state index in [2.05, 4.69) is 0 Å². The first-order chi connectivity index (χ1) is 4.52. The van der Waals surface area contributed by atoms with E-state index in [1.807, 2.05) is 0 Å². The molecule has 0 heterocycles. The molecular weight excluding hydrogens is 220 g/mol. The topological polar surface area (TPSA) is 104 Å². The van der Waals surface area contributed by atoms with Gasteiger partial charge in [-0.05, 0) is 0 Å². The van der Waals surface area contributed by atoms with Gasteiger partial charge in [-0.1, -0.05) is 0 Å². The maximum atomic E-state index is 9.67. The van der Waals surface area contributed by atoms with Gasteiger partial charge in [-0.15, -0.1) is 0 Å². The molecule has 0 aromatic heterocycles. The van der Waals surface area contributed by atoms with Gasteiger partial charge in [-0.3, -0.25) is 0 Å². The fourth-order valence-electron chi connectivity index (χ4n) is 0.354. The molecule has 0 unspecified atom stereocenters. The van der Waals surface area contributed by atoms with Crippen molar-refractivity contribution in [3.63, 3.8) is 0 Å². The Bertz CT molecular complexity index is 136. The Morgan fingerprint density at radius 1 is 1.08 bits per heavy atom. The molecule has 0 aliphatic rings. The zero-order valence-electron chi connectivity index (χ0n) is 6.94. The molecule has 58 valence electrons. The van der Waals surface area contributed by atoms with Crippen molar-refractivity contribution < 1.29 is 128 Å². The van der Waals surface area contributed by atoms with E-state index in [-0.39, 0.29) is 108 Å². The van der Waals surface area contributed by atoms with Crippen LogP contribution < -0.4 is 113 Å². The summed E-state index contributed by atoms with van der Waals surface area (Å²) in [5.74, 6) is -3.10. The number of carbonyl (C=O) groups is 2. The Hall–Kier alpha value is 2.13. The number of hydroxylamine groups is 2. The molecule has 0 bridgehead atoms. The molecule has 0 atom stereocenters. The minimum Gasteiger partial charge on any atom is -0.549 e. The number of carbonyl (C=O) groups excluding carboxylic acids is 2. The second-order valence-electron chi connectivity index (χ2n) is 1.57. The van der Waals surface area contributed by atoms with E-state index in [4.69, 9.17) is 5.21 Å². The molecule has 0 rings (SSSR count). The van der Waals surface area contributed by atoms with Crippen molar-refractivity contribution in [2.75, 3.05) is 13.1 Å². The molecular formula is C4H5K2NO5. The molecule has 0 saturated carbocycles. The van der Waals surface area contributed by atoms with E-state index in [0.29, 0.717) is 0 Å². The summed E-state index contributed by atoms with van der Waals surface area (Å²) in [6.07, 6.45) is 0. The Balaban J connectivity index is -0.000000405. The van der Waals surface area contributed by atoms with Crippen LogP contribution in [-0.2, 0) is 9.59 Å². The van der Waals surface area contributed by atoms with Gasteiger partial charge in [0.2, 0.25) is 0 Å². The summed E-state index contributed by atoms with van der Waals surface area (Å²) in [4.78, 5) is 19.3. The van der Waals surface area contributed by atoms with Crippen molar-refractivity contribution in [3.8, 4) is 0 Å². The number of carboxylic acid groups (broad SMARTS) is 2. The first kappa shape index (κ1) is 19.7. The minimum absolute atomic E-state index is 0. The smallest absolute Gasteiger partial charge is 0.549 e. The van der Waals surface area contributed by atoms with Crippen molar-refractivity contribution in [1.82, 2.24) is 5.06 Å². The summed E-state index contributed by atoms with van der Waals surface area (Å²) in [7, 11) is 0. The average molecular weight is 225 g/mol. The van der Waals surface area contributed by atoms with Gasteiger partial charge in [0.05, 0.1) is 25.0 Å². The number of aliphatic carboxylic acids is 2. The van der Waals surface area contributed by atoms with Crippen molar-refractivity contribution in [2.45, 2.75) is 0 Å². The minimum atomic E-state index is -1.55. The fraction of sp³-hybridized carbons (Fsp3) is 0.500. The van der Waals surface area contributed by atoms with E-state index in [1.54, 1.807) is 0 Å². The predicted molar refractivity (Wildman–Crippen MR) is 23.4 cm³/mol. The number of hydrogen-bond acceptors (Lipinski definition) is 6. The molecule has 0 aliphatic heterocycles. The summed E-state index contributed by atoms with van der Waals surface area (Å²) in [6.45, 7) is -1.68. The van der Waals surface area contributed by atoms with Crippen LogP contribution >= 0.6 is 0 Å². The van der Waals surface area contributed by atoms with Crippen LogP contribution in [0, 0.1) is 0 Å². The van der Waals surface area contributed by atoms with Gasteiger partial charge in [-0.2, -0.15) is 5.06 Å². The van der Waals surface area contributed by atoms with Gasteiger partial charge < -0.3 is 25.0 Å². The summed E-state index contributed by atoms with van der Waals surface area (Å²) >= 11 is 0. The van der Waals surface area contributed by atoms with E-state index >= 15 is 0 Å². The molecule has 1 N–H and O–H groups in total. The van der Waals surface area contributed by atoms with E-state index in [1.165, 1.54) is 0 Å². The summed E-state index contributed by atoms with van der Waals surface area (Å²) in [6, 6.07) is 0. The Kier molecular flexibility index (Phi) is 18.4. The van der Waals surface area contributed by atoms with Crippen LogP contribution in [0.5, 0.6) is 0 Å². The van der Waals surface area contributed by atoms with Gasteiger partial charge in [-0.25, -0.2) is 0 Å². The van der Waals surface area contributed by atoms with Crippen LogP contribution in [0.3, 0.4) is 0 Å². The fourth-order valence-corrected chi connectivity index (χ4v) is 0.354. The van der Waals surface area contributed by atoms with E-state index in [0.717, 1.165) is 0 Å². The maximum absolute atomic E-state index is 9.67. The molecule has 0 aliphatic carbocycles. The van der Waals surface area contributed by atoms with Gasteiger partial charge >= 0.3 is 103 Å². The van der Waals surface area contributed by atoms with Gasteiger partial charge in [0.1, 0.15) is 0 Å². The third-order valence-electron chi connectivity index (χ3n) is 0.623. The van der Waals surface area contributed by atoms with Crippen molar-refractivity contribution in [1.29, 1.82) is 0 Å². The first-order valence-electron chi connectivity index (χ1n) is 2.36. The van der Waals surface area contributed by atoms with Gasteiger partial charge in [0, 0.05) is 0 Å². The standard InChI is InChI=1S/C4H7NO5.2K/c6-3(7)1-5(10)2-4(8)9;;/h10H,1-2H2,(H,6,7)(H,8,9);;/q;2*+1/p-2. The Morgan fingerprint density at radius 3 is 1.50 bits per heavy atom. The second kappa shape index (κ2) is 11.2. The molecule has 0 radical (unpaired) electrons. The molecule has 0 aromatic carbocycles. The predicted octanol–water partition coefficient (Wildman–Crippen LogP) is -9.81. The van der Waals surface area contributed by atoms with E-state index < -0.39 is 25.0 Å². The largest absolute Gasteiger partial charge is 1.00 e. The molecule has 0 aromatic rings. The zero-order valence-corrected chi connectivity index (χ0v) is 13.2. The van der Waals surface area contributed by atoms with Crippen LogP contribution in [0.15, 0.2) is 0 Å². The van der Waals surface area contributed by atoms with Crippen molar-refractivity contribution in [2.24, 2.45) is 0 Å². The van der Waals surface area contributed by atoms with Crippen LogP contribution in [0.2, 0.25) is 0 Å². The van der Waals surface area contributed by atoms with Gasteiger partial charge in [0.25, 0.3) is 0 Å². The summed E-state index contributed by atoms with van der Waals surface area (Å²) in [5, 5.41) is 27.8. The molecule has 8 heteroatoms. The SMILES string of the molecule is O=C([O-])CN(O)CC(=O)[O-].[K+].[K+].